The Labute approximate surface area is 199 Å². The highest BCUT2D eigenvalue weighted by atomic mass is 35.5. The second kappa shape index (κ2) is 9.51. The van der Waals surface area contributed by atoms with Crippen LogP contribution in [0.25, 0.3) is 11.3 Å². The summed E-state index contributed by atoms with van der Waals surface area (Å²) in [7, 11) is 0. The molecule has 2 aromatic carbocycles. The Morgan fingerprint density at radius 3 is 2.65 bits per heavy atom. The number of carbonyl (C=O) groups excluding carboxylic acids is 2. The molecule has 0 spiro atoms. The van der Waals surface area contributed by atoms with Gasteiger partial charge in [-0.25, -0.2) is 9.18 Å². The number of hydrogen-bond acceptors (Lipinski definition) is 5. The highest BCUT2D eigenvalue weighted by Gasteiger charge is 2.34. The van der Waals surface area contributed by atoms with Crippen molar-refractivity contribution in [3.63, 3.8) is 0 Å². The third kappa shape index (κ3) is 4.44. The molecule has 1 aliphatic heterocycles. The summed E-state index contributed by atoms with van der Waals surface area (Å²) in [6.07, 6.45) is 0.275. The predicted molar refractivity (Wildman–Crippen MR) is 122 cm³/mol. The molecule has 0 saturated carbocycles. The summed E-state index contributed by atoms with van der Waals surface area (Å²) in [4.78, 5) is 26.9. The number of fused-ring (bicyclic) bond motifs is 1. The molecule has 9 nitrogen and oxygen atoms in total. The molecule has 3 amide bonds. The van der Waals surface area contributed by atoms with E-state index < -0.39 is 23.8 Å². The topological polar surface area (TPSA) is 137 Å². The molecule has 4 rings (SSSR count). The number of anilines is 1. The van der Waals surface area contributed by atoms with Gasteiger partial charge in [0.1, 0.15) is 11.5 Å². The lowest BCUT2D eigenvalue weighted by molar-refractivity contribution is 0.0996. The highest BCUT2D eigenvalue weighted by Crippen LogP contribution is 2.34. The molecule has 34 heavy (non-hydrogen) atoms. The van der Waals surface area contributed by atoms with Crippen LogP contribution < -0.4 is 11.1 Å². The van der Waals surface area contributed by atoms with Crippen molar-refractivity contribution in [3.05, 3.63) is 70.1 Å². The number of nitrogens with two attached hydrogens (primary N) is 1. The predicted octanol–water partition coefficient (Wildman–Crippen LogP) is 3.28. The van der Waals surface area contributed by atoms with Crippen molar-refractivity contribution < 1.29 is 19.1 Å². The number of aliphatic hydroxyl groups excluding tert-OH is 1. The van der Waals surface area contributed by atoms with Gasteiger partial charge in [0.25, 0.3) is 5.91 Å². The largest absolute Gasteiger partial charge is 0.396 e. The van der Waals surface area contributed by atoms with Crippen LogP contribution in [-0.4, -0.2) is 44.9 Å². The van der Waals surface area contributed by atoms with Gasteiger partial charge < -0.3 is 21.1 Å². The summed E-state index contributed by atoms with van der Waals surface area (Å²) in [5.41, 5.74) is 7.77. The van der Waals surface area contributed by atoms with E-state index in [-0.39, 0.29) is 42.4 Å². The molecule has 0 radical (unpaired) electrons. The Morgan fingerprint density at radius 2 is 2.03 bits per heavy atom. The van der Waals surface area contributed by atoms with Crippen LogP contribution in [0.4, 0.5) is 14.9 Å². The Balaban J connectivity index is 1.70. The van der Waals surface area contributed by atoms with Gasteiger partial charge in [0.05, 0.1) is 40.5 Å². The van der Waals surface area contributed by atoms with Gasteiger partial charge in [-0.1, -0.05) is 11.6 Å². The van der Waals surface area contributed by atoms with Crippen molar-refractivity contribution in [1.82, 2.24) is 14.7 Å². The van der Waals surface area contributed by atoms with Crippen LogP contribution in [0.5, 0.6) is 0 Å². The Kier molecular flexibility index (Phi) is 6.49. The first-order valence-electron chi connectivity index (χ1n) is 10.4. The zero-order valence-corrected chi connectivity index (χ0v) is 18.6. The van der Waals surface area contributed by atoms with Gasteiger partial charge in [-0.3, -0.25) is 9.48 Å². The van der Waals surface area contributed by atoms with Crippen molar-refractivity contribution in [2.45, 2.75) is 19.0 Å². The van der Waals surface area contributed by atoms with E-state index in [1.165, 1.54) is 23.1 Å². The molecule has 0 saturated heterocycles. The highest BCUT2D eigenvalue weighted by molar-refractivity contribution is 6.31. The molecular formula is C23H20ClFN6O3. The second-order valence-electron chi connectivity index (χ2n) is 7.77. The smallest absolute Gasteiger partial charge is 0.322 e. The SMILES string of the molecule is N#Cc1ccc(NC(=O)N2Cc3c(C(N)=O)c(-c4ccc(F)c(Cl)c4)nn3[C@H](CCO)C2)cc1. The van der Waals surface area contributed by atoms with Crippen molar-refractivity contribution in [1.29, 1.82) is 5.26 Å². The summed E-state index contributed by atoms with van der Waals surface area (Å²) in [6, 6.07) is 11.5. The zero-order chi connectivity index (χ0) is 24.4. The summed E-state index contributed by atoms with van der Waals surface area (Å²) >= 11 is 5.92. The second-order valence-corrected chi connectivity index (χ2v) is 8.18. The number of nitrogens with zero attached hydrogens (tertiary/aromatic N) is 4. The number of primary amides is 1. The summed E-state index contributed by atoms with van der Waals surface area (Å²) in [5, 5.41) is 25.7. The molecule has 1 atom stereocenters. The fraction of sp³-hybridized carbons (Fsp3) is 0.217. The quantitative estimate of drug-likeness (QED) is 0.512. The summed E-state index contributed by atoms with van der Waals surface area (Å²) in [6.45, 7) is 0.0854. The number of aliphatic hydroxyl groups is 1. The fourth-order valence-corrected chi connectivity index (χ4v) is 4.13. The number of urea groups is 1. The van der Waals surface area contributed by atoms with Crippen molar-refractivity contribution >= 4 is 29.2 Å². The average Bonchev–Trinajstić information content (AvgIpc) is 3.21. The number of carbonyl (C=O) groups is 2. The third-order valence-corrected chi connectivity index (χ3v) is 5.87. The summed E-state index contributed by atoms with van der Waals surface area (Å²) in [5.74, 6) is -1.37. The van der Waals surface area contributed by atoms with Gasteiger partial charge in [0.2, 0.25) is 0 Å². The van der Waals surface area contributed by atoms with Crippen LogP contribution >= 0.6 is 11.6 Å². The van der Waals surface area contributed by atoms with E-state index >= 15 is 0 Å². The lowest BCUT2D eigenvalue weighted by Gasteiger charge is -2.34. The molecule has 1 aromatic heterocycles. The zero-order valence-electron chi connectivity index (χ0n) is 17.8. The number of rotatable bonds is 5. The maximum absolute atomic E-state index is 13.7. The van der Waals surface area contributed by atoms with Crippen molar-refractivity contribution in [2.75, 3.05) is 18.5 Å². The maximum Gasteiger partial charge on any atom is 0.322 e. The first-order chi connectivity index (χ1) is 16.3. The minimum Gasteiger partial charge on any atom is -0.396 e. The average molecular weight is 483 g/mol. The Morgan fingerprint density at radius 1 is 1.29 bits per heavy atom. The number of benzene rings is 2. The van der Waals surface area contributed by atoms with E-state index in [1.807, 2.05) is 6.07 Å². The van der Waals surface area contributed by atoms with Crippen LogP contribution in [0, 0.1) is 17.1 Å². The first kappa shape index (κ1) is 23.2. The number of halogens is 2. The van der Waals surface area contributed by atoms with E-state index in [9.17, 15) is 19.1 Å². The van der Waals surface area contributed by atoms with Crippen molar-refractivity contribution in [2.24, 2.45) is 5.73 Å². The maximum atomic E-state index is 13.7. The van der Waals surface area contributed by atoms with E-state index in [2.05, 4.69) is 10.4 Å². The van der Waals surface area contributed by atoms with E-state index in [4.69, 9.17) is 22.6 Å². The standard InChI is InChI=1S/C23H20ClFN6O3/c24-17-9-14(3-6-18(17)25)21-20(22(27)33)19-12-30(11-16(7-8-32)31(19)29-21)23(34)28-15-4-1-13(10-26)2-5-15/h1-6,9,16,32H,7-8,11-12H2,(H2,27,33)(H,28,34)/t16-/m1/s1. The van der Waals surface area contributed by atoms with Crippen LogP contribution in [0.15, 0.2) is 42.5 Å². The van der Waals surface area contributed by atoms with Crippen LogP contribution in [0.1, 0.15) is 34.1 Å². The van der Waals surface area contributed by atoms with Crippen LogP contribution in [-0.2, 0) is 6.54 Å². The third-order valence-electron chi connectivity index (χ3n) is 5.58. The molecule has 0 fully saturated rings. The monoisotopic (exact) mass is 482 g/mol. The molecular weight excluding hydrogens is 463 g/mol. The van der Waals surface area contributed by atoms with Gasteiger partial charge in [-0.05, 0) is 48.9 Å². The number of aromatic nitrogens is 2. The van der Waals surface area contributed by atoms with Gasteiger partial charge in [0, 0.05) is 24.4 Å². The van der Waals surface area contributed by atoms with E-state index in [0.717, 1.165) is 0 Å². The molecule has 174 valence electrons. The lowest BCUT2D eigenvalue weighted by Crippen LogP contribution is -2.44. The van der Waals surface area contributed by atoms with Crippen LogP contribution in [0.3, 0.4) is 0 Å². The van der Waals surface area contributed by atoms with Gasteiger partial charge in [0.15, 0.2) is 0 Å². The lowest BCUT2D eigenvalue weighted by atomic mass is 10.0. The van der Waals surface area contributed by atoms with E-state index in [1.54, 1.807) is 28.9 Å². The minimum absolute atomic E-state index is 0.0320. The molecule has 0 aliphatic carbocycles. The molecule has 0 unspecified atom stereocenters. The molecule has 11 heteroatoms. The normalized spacial score (nSPS) is 14.9. The summed E-state index contributed by atoms with van der Waals surface area (Å²) < 4.78 is 15.3. The minimum atomic E-state index is -0.756. The molecule has 2 heterocycles. The molecule has 0 bridgehead atoms. The molecule has 4 N–H and O–H groups in total. The number of nitrogens with one attached hydrogen (secondary N) is 1. The first-order valence-corrected chi connectivity index (χ1v) is 10.7. The molecule has 3 aromatic rings. The number of amides is 3. The Bertz CT molecular complexity index is 1300. The van der Waals surface area contributed by atoms with E-state index in [0.29, 0.717) is 22.5 Å². The van der Waals surface area contributed by atoms with Crippen molar-refractivity contribution in [3.8, 4) is 17.3 Å². The number of nitriles is 1. The van der Waals surface area contributed by atoms with Gasteiger partial charge in [-0.15, -0.1) is 0 Å². The van der Waals surface area contributed by atoms with Gasteiger partial charge in [-0.2, -0.15) is 10.4 Å². The van der Waals surface area contributed by atoms with Gasteiger partial charge >= 0.3 is 6.03 Å². The number of hydrogen-bond donors (Lipinski definition) is 3. The molecule has 1 aliphatic rings. The fourth-order valence-electron chi connectivity index (χ4n) is 3.95. The Hall–Kier alpha value is -3.94. The van der Waals surface area contributed by atoms with Crippen LogP contribution in [0.2, 0.25) is 5.02 Å².